The Bertz CT molecular complexity index is 955. The average molecular weight is 360 g/mol. The highest BCUT2D eigenvalue weighted by Crippen LogP contribution is 2.35. The zero-order valence-electron chi connectivity index (χ0n) is 12.4. The van der Waals surface area contributed by atoms with Crippen LogP contribution in [0.2, 0.25) is 5.02 Å². The van der Waals surface area contributed by atoms with Gasteiger partial charge in [0.2, 0.25) is 0 Å². The number of benzene rings is 2. The summed E-state index contributed by atoms with van der Waals surface area (Å²) in [5.74, 6) is -1.52. The first kappa shape index (κ1) is 16.5. The maximum atomic E-state index is 12.1. The van der Waals surface area contributed by atoms with Crippen LogP contribution in [-0.2, 0) is 4.79 Å². The van der Waals surface area contributed by atoms with Crippen molar-refractivity contribution in [2.24, 2.45) is 0 Å². The fourth-order valence-electron chi connectivity index (χ4n) is 2.38. The first-order valence-corrected chi connectivity index (χ1v) is 7.35. The Balaban J connectivity index is 1.99. The van der Waals surface area contributed by atoms with Gasteiger partial charge in [0.15, 0.2) is 0 Å². The lowest BCUT2D eigenvalue weighted by atomic mass is 9.96. The van der Waals surface area contributed by atoms with Crippen molar-refractivity contribution < 1.29 is 19.6 Å². The zero-order chi connectivity index (χ0) is 18.1. The molecular formula is C16H10ClN3O5. The molecule has 0 atom stereocenters. The van der Waals surface area contributed by atoms with E-state index in [1.54, 1.807) is 24.3 Å². The Morgan fingerprint density at radius 1 is 1.16 bits per heavy atom. The average Bonchev–Trinajstić information content (AvgIpc) is 2.57. The molecule has 0 spiro atoms. The lowest BCUT2D eigenvalue weighted by Gasteiger charge is -2.18. The second-order valence-corrected chi connectivity index (χ2v) is 5.52. The molecule has 1 aliphatic heterocycles. The van der Waals surface area contributed by atoms with Crippen molar-refractivity contribution >= 4 is 40.4 Å². The zero-order valence-corrected chi connectivity index (χ0v) is 13.2. The molecule has 0 aromatic heterocycles. The lowest BCUT2D eigenvalue weighted by Crippen LogP contribution is -2.36. The summed E-state index contributed by atoms with van der Waals surface area (Å²) in [6.45, 7) is 0. The molecule has 25 heavy (non-hydrogen) atoms. The Labute approximate surface area is 145 Å². The molecule has 0 fully saturated rings. The third-order valence-electron chi connectivity index (χ3n) is 3.57. The summed E-state index contributed by atoms with van der Waals surface area (Å²) in [5.41, 5.74) is 0.565. The standard InChI is InChI=1S/C16H10ClN3O5/c17-11-5-12(14(21)6-13(11)20(24)25)18-7-10-8-3-1-2-4-9(8)15(22)19-16(10)23/h1-7,18,21H,(H,19,22,23)/b10-7-. The van der Waals surface area contributed by atoms with Gasteiger partial charge in [0, 0.05) is 17.3 Å². The highest BCUT2D eigenvalue weighted by Gasteiger charge is 2.26. The number of nitro benzene ring substituents is 1. The number of carbonyl (C=O) groups excluding carboxylic acids is 2. The fourth-order valence-corrected chi connectivity index (χ4v) is 2.61. The van der Waals surface area contributed by atoms with E-state index in [0.717, 1.165) is 6.07 Å². The van der Waals surface area contributed by atoms with Crippen LogP contribution < -0.4 is 10.6 Å². The molecule has 2 aromatic carbocycles. The maximum absolute atomic E-state index is 12.1. The number of phenols is 1. The van der Waals surface area contributed by atoms with Crippen molar-refractivity contribution in [3.63, 3.8) is 0 Å². The maximum Gasteiger partial charge on any atom is 0.291 e. The molecule has 8 nitrogen and oxygen atoms in total. The van der Waals surface area contributed by atoms with Gasteiger partial charge in [-0.3, -0.25) is 25.0 Å². The first-order valence-electron chi connectivity index (χ1n) is 6.97. The van der Waals surface area contributed by atoms with Gasteiger partial charge >= 0.3 is 0 Å². The summed E-state index contributed by atoms with van der Waals surface area (Å²) >= 11 is 5.81. The summed E-state index contributed by atoms with van der Waals surface area (Å²) < 4.78 is 0. The largest absolute Gasteiger partial charge is 0.506 e. The topological polar surface area (TPSA) is 122 Å². The SMILES string of the molecule is O=C1NC(=O)c2ccccc2/C1=C/Nc1cc(Cl)c([N+](=O)[O-])cc1O. The first-order chi connectivity index (χ1) is 11.9. The Morgan fingerprint density at radius 3 is 2.52 bits per heavy atom. The quantitative estimate of drug-likeness (QED) is 0.254. The number of carbonyl (C=O) groups is 2. The van der Waals surface area contributed by atoms with Crippen molar-refractivity contribution in [2.45, 2.75) is 0 Å². The van der Waals surface area contributed by atoms with Crippen LogP contribution in [0.3, 0.4) is 0 Å². The normalized spacial score (nSPS) is 14.8. The number of rotatable bonds is 3. The van der Waals surface area contributed by atoms with Crippen molar-refractivity contribution in [1.29, 1.82) is 0 Å². The number of hydrogen-bond donors (Lipinski definition) is 3. The van der Waals surface area contributed by atoms with Crippen molar-refractivity contribution in [3.8, 4) is 5.75 Å². The molecule has 0 unspecified atom stereocenters. The molecule has 9 heteroatoms. The number of fused-ring (bicyclic) bond motifs is 1. The van der Waals surface area contributed by atoms with E-state index >= 15 is 0 Å². The van der Waals surface area contributed by atoms with E-state index in [1.165, 1.54) is 12.3 Å². The molecule has 0 saturated carbocycles. The van der Waals surface area contributed by atoms with E-state index in [1.807, 2.05) is 0 Å². The number of anilines is 1. The molecule has 0 bridgehead atoms. The van der Waals surface area contributed by atoms with Crippen LogP contribution in [0.15, 0.2) is 42.6 Å². The monoisotopic (exact) mass is 359 g/mol. The number of nitro groups is 1. The Morgan fingerprint density at radius 2 is 1.84 bits per heavy atom. The highest BCUT2D eigenvalue weighted by molar-refractivity contribution is 6.33. The number of nitrogens with one attached hydrogen (secondary N) is 2. The van der Waals surface area contributed by atoms with Gasteiger partial charge in [0.25, 0.3) is 17.5 Å². The molecule has 2 aromatic rings. The van der Waals surface area contributed by atoms with E-state index in [2.05, 4.69) is 10.6 Å². The number of halogens is 1. The van der Waals surface area contributed by atoms with Gasteiger partial charge in [-0.15, -0.1) is 0 Å². The third kappa shape index (κ3) is 3.02. The third-order valence-corrected chi connectivity index (χ3v) is 3.87. The van der Waals surface area contributed by atoms with Crippen molar-refractivity contribution in [1.82, 2.24) is 5.32 Å². The lowest BCUT2D eigenvalue weighted by molar-refractivity contribution is -0.384. The number of imide groups is 1. The Hall–Kier alpha value is -3.39. The van der Waals surface area contributed by atoms with Gasteiger partial charge in [0.05, 0.1) is 22.3 Å². The minimum Gasteiger partial charge on any atom is -0.506 e. The fraction of sp³-hybridized carbons (Fsp3) is 0. The molecule has 126 valence electrons. The van der Waals surface area contributed by atoms with E-state index < -0.39 is 28.2 Å². The van der Waals surface area contributed by atoms with E-state index in [9.17, 15) is 24.8 Å². The minimum absolute atomic E-state index is 0.0743. The van der Waals surface area contributed by atoms with Gasteiger partial charge in [0.1, 0.15) is 10.8 Å². The van der Waals surface area contributed by atoms with Gasteiger partial charge in [-0.1, -0.05) is 29.8 Å². The molecular weight excluding hydrogens is 350 g/mol. The summed E-state index contributed by atoms with van der Waals surface area (Å²) in [4.78, 5) is 34.0. The summed E-state index contributed by atoms with van der Waals surface area (Å²) in [6.07, 6.45) is 1.29. The van der Waals surface area contributed by atoms with Crippen LogP contribution >= 0.6 is 11.6 Å². The molecule has 0 radical (unpaired) electrons. The number of nitrogens with zero attached hydrogens (tertiary/aromatic N) is 1. The molecule has 0 aliphatic carbocycles. The molecule has 0 saturated heterocycles. The van der Waals surface area contributed by atoms with Gasteiger partial charge in [-0.05, 0) is 12.1 Å². The molecule has 1 aliphatic rings. The van der Waals surface area contributed by atoms with Crippen LogP contribution in [0.5, 0.6) is 5.75 Å². The predicted octanol–water partition coefficient (Wildman–Crippen LogP) is 2.68. The molecule has 2 amide bonds. The summed E-state index contributed by atoms with van der Waals surface area (Å²) in [7, 11) is 0. The van der Waals surface area contributed by atoms with Crippen LogP contribution in [-0.4, -0.2) is 21.8 Å². The minimum atomic E-state index is -0.721. The van der Waals surface area contributed by atoms with Crippen molar-refractivity contribution in [3.05, 3.63) is 68.9 Å². The van der Waals surface area contributed by atoms with E-state index in [-0.39, 0.29) is 16.3 Å². The van der Waals surface area contributed by atoms with Crippen LogP contribution in [0.1, 0.15) is 15.9 Å². The second-order valence-electron chi connectivity index (χ2n) is 5.11. The van der Waals surface area contributed by atoms with Crippen LogP contribution in [0, 0.1) is 10.1 Å². The van der Waals surface area contributed by atoms with Crippen LogP contribution in [0.25, 0.3) is 5.57 Å². The van der Waals surface area contributed by atoms with Gasteiger partial charge in [-0.25, -0.2) is 0 Å². The highest BCUT2D eigenvalue weighted by atomic mass is 35.5. The number of phenolic OH excluding ortho intramolecular Hbond substituents is 1. The van der Waals surface area contributed by atoms with E-state index in [4.69, 9.17) is 11.6 Å². The van der Waals surface area contributed by atoms with Crippen LogP contribution in [0.4, 0.5) is 11.4 Å². The number of hydrogen-bond acceptors (Lipinski definition) is 6. The smallest absolute Gasteiger partial charge is 0.291 e. The molecule has 3 N–H and O–H groups in total. The summed E-state index contributed by atoms with van der Waals surface area (Å²) in [6, 6.07) is 8.61. The summed E-state index contributed by atoms with van der Waals surface area (Å²) in [5, 5.41) is 25.4. The van der Waals surface area contributed by atoms with Crippen molar-refractivity contribution in [2.75, 3.05) is 5.32 Å². The van der Waals surface area contributed by atoms with Gasteiger partial charge in [-0.2, -0.15) is 0 Å². The molecule has 3 rings (SSSR count). The number of amides is 2. The predicted molar refractivity (Wildman–Crippen MR) is 90.3 cm³/mol. The number of aromatic hydroxyl groups is 1. The Kier molecular flexibility index (Phi) is 4.12. The van der Waals surface area contributed by atoms with Gasteiger partial charge < -0.3 is 10.4 Å². The molecule has 1 heterocycles. The van der Waals surface area contributed by atoms with E-state index in [0.29, 0.717) is 11.1 Å². The second kappa shape index (κ2) is 6.25.